The fourth-order valence-corrected chi connectivity index (χ4v) is 0. The van der Waals surface area contributed by atoms with Crippen molar-refractivity contribution in [2.45, 2.75) is 0 Å². The normalized spacial score (nSPS) is 3.60. The molecule has 0 spiro atoms. The number of halogens is 1. The van der Waals surface area contributed by atoms with E-state index in [0.717, 1.165) is 0 Å². The molecule has 0 aromatic heterocycles. The average Bonchev–Trinajstić information content (AvgIpc) is 0.918. The number of hydrogen-bond donors (Lipinski definition) is 0. The third-order valence-electron chi connectivity index (χ3n) is 0. The molecule has 3 heteroatoms. The summed E-state index contributed by atoms with van der Waals surface area (Å²) in [6.07, 6.45) is 0. The van der Waals surface area contributed by atoms with Gasteiger partial charge < -0.3 is 5.32 Å². The van der Waals surface area contributed by atoms with Gasteiger partial charge in [0.15, 0.2) is 0 Å². The average molecular weight is 172 g/mol. The quantitative estimate of drug-likeness (QED) is 0.518. The van der Waals surface area contributed by atoms with Crippen LogP contribution in [-0.4, -0.2) is 14.1 Å². The minimum Gasteiger partial charge on any atom is -0.668 e. The van der Waals surface area contributed by atoms with Crippen LogP contribution in [0.4, 0.5) is 0 Å². The molecule has 32 valence electrons. The maximum absolute atomic E-state index is 3.50. The molecular formula is C2H7ClNZr-. The van der Waals surface area contributed by atoms with E-state index in [1.807, 2.05) is 0 Å². The summed E-state index contributed by atoms with van der Waals surface area (Å²) in [5, 5.41) is 3.50. The first-order valence-electron chi connectivity index (χ1n) is 0.894. The second kappa shape index (κ2) is 19.3. The van der Waals surface area contributed by atoms with Crippen molar-refractivity contribution >= 4 is 12.4 Å². The van der Waals surface area contributed by atoms with Gasteiger partial charge in [-0.15, -0.1) is 12.4 Å². The third-order valence-corrected chi connectivity index (χ3v) is 0. The van der Waals surface area contributed by atoms with E-state index in [9.17, 15) is 0 Å². The van der Waals surface area contributed by atoms with Gasteiger partial charge in [0.25, 0.3) is 0 Å². The fraction of sp³-hybridized carbons (Fsp3) is 1.00. The molecule has 0 unspecified atom stereocenters. The van der Waals surface area contributed by atoms with Crippen LogP contribution >= 0.6 is 12.4 Å². The molecule has 0 aromatic rings. The molecule has 0 heterocycles. The van der Waals surface area contributed by atoms with E-state index in [1.165, 1.54) is 0 Å². The molecule has 0 fully saturated rings. The molecule has 0 rings (SSSR count). The first-order chi connectivity index (χ1) is 1.41. The Hall–Kier alpha value is 1.13. The van der Waals surface area contributed by atoms with Gasteiger partial charge in [-0.1, -0.05) is 0 Å². The van der Waals surface area contributed by atoms with Crippen LogP contribution in [0.25, 0.3) is 5.32 Å². The Morgan fingerprint density at radius 2 is 1.20 bits per heavy atom. The molecule has 1 nitrogen and oxygen atoms in total. The Balaban J connectivity index is -0.0000000200. The van der Waals surface area contributed by atoms with Crippen molar-refractivity contribution in [3.05, 3.63) is 5.32 Å². The molecule has 0 saturated heterocycles. The van der Waals surface area contributed by atoms with Crippen molar-refractivity contribution < 1.29 is 26.2 Å². The summed E-state index contributed by atoms with van der Waals surface area (Å²) in [4.78, 5) is 0. The van der Waals surface area contributed by atoms with Gasteiger partial charge in [-0.05, 0) is 0 Å². The predicted molar refractivity (Wildman–Crippen MR) is 22.5 cm³/mol. The second-order valence-corrected chi connectivity index (χ2v) is 0.447. The number of nitrogens with zero attached hydrogens (tertiary/aromatic N) is 1. The van der Waals surface area contributed by atoms with Crippen molar-refractivity contribution in [3.63, 3.8) is 0 Å². The van der Waals surface area contributed by atoms with E-state index in [0.29, 0.717) is 0 Å². The molecule has 0 aliphatic heterocycles. The van der Waals surface area contributed by atoms with Crippen LogP contribution in [0, 0.1) is 0 Å². The largest absolute Gasteiger partial charge is 0.668 e. The molecule has 0 N–H and O–H groups in total. The molecule has 0 aliphatic carbocycles. The summed E-state index contributed by atoms with van der Waals surface area (Å²) < 4.78 is 0. The topological polar surface area (TPSA) is 14.1 Å². The van der Waals surface area contributed by atoms with Crippen molar-refractivity contribution in [2.75, 3.05) is 14.1 Å². The summed E-state index contributed by atoms with van der Waals surface area (Å²) >= 11 is 0. The van der Waals surface area contributed by atoms with Crippen LogP contribution in [-0.2, 0) is 26.2 Å². The van der Waals surface area contributed by atoms with E-state index in [2.05, 4.69) is 5.32 Å². The first kappa shape index (κ1) is 16.5. The summed E-state index contributed by atoms with van der Waals surface area (Å²) in [6.45, 7) is 0. The van der Waals surface area contributed by atoms with Gasteiger partial charge in [0.2, 0.25) is 0 Å². The SMILES string of the molecule is C[N-]C.Cl.[Zr]. The van der Waals surface area contributed by atoms with Crippen molar-refractivity contribution in [3.8, 4) is 0 Å². The molecule has 5 heavy (non-hydrogen) atoms. The summed E-state index contributed by atoms with van der Waals surface area (Å²) in [6, 6.07) is 0. The standard InChI is InChI=1S/C2H6N.ClH.Zr/c1-3-2;;/h1-2H3;1H;/q-1;;. The Morgan fingerprint density at radius 3 is 1.20 bits per heavy atom. The molecule has 0 aliphatic rings. The van der Waals surface area contributed by atoms with E-state index in [4.69, 9.17) is 0 Å². The summed E-state index contributed by atoms with van der Waals surface area (Å²) in [5.74, 6) is 0. The van der Waals surface area contributed by atoms with E-state index in [-0.39, 0.29) is 38.6 Å². The van der Waals surface area contributed by atoms with E-state index < -0.39 is 0 Å². The van der Waals surface area contributed by atoms with Gasteiger partial charge >= 0.3 is 0 Å². The van der Waals surface area contributed by atoms with E-state index >= 15 is 0 Å². The van der Waals surface area contributed by atoms with Crippen LogP contribution in [0.2, 0.25) is 0 Å². The molecule has 0 amide bonds. The van der Waals surface area contributed by atoms with Gasteiger partial charge in [-0.2, -0.15) is 14.1 Å². The van der Waals surface area contributed by atoms with Crippen LogP contribution < -0.4 is 0 Å². The van der Waals surface area contributed by atoms with Gasteiger partial charge in [0.05, 0.1) is 0 Å². The molecule has 0 saturated carbocycles. The Kier molecular flexibility index (Phi) is 63.4. The third kappa shape index (κ3) is 39.2. The van der Waals surface area contributed by atoms with Crippen LogP contribution in [0.1, 0.15) is 0 Å². The predicted octanol–water partition coefficient (Wildman–Crippen LogP) is 1.04. The van der Waals surface area contributed by atoms with Crippen molar-refractivity contribution in [1.82, 2.24) is 0 Å². The number of rotatable bonds is 0. The zero-order chi connectivity index (χ0) is 2.71. The zero-order valence-corrected chi connectivity index (χ0v) is 6.63. The smallest absolute Gasteiger partial charge is 0 e. The molecular weight excluding hydrogens is 165 g/mol. The van der Waals surface area contributed by atoms with Gasteiger partial charge in [0, 0.05) is 26.2 Å². The minimum atomic E-state index is 0. The van der Waals surface area contributed by atoms with Crippen LogP contribution in [0.3, 0.4) is 0 Å². The molecule has 0 radical (unpaired) electrons. The van der Waals surface area contributed by atoms with E-state index in [1.54, 1.807) is 14.1 Å². The monoisotopic (exact) mass is 170 g/mol. The molecule has 0 atom stereocenters. The Bertz CT molecular complexity index is 9.61. The molecule has 0 aromatic carbocycles. The zero-order valence-electron chi connectivity index (χ0n) is 3.36. The van der Waals surface area contributed by atoms with Gasteiger partial charge in [0.1, 0.15) is 0 Å². The molecule has 0 bridgehead atoms. The van der Waals surface area contributed by atoms with Gasteiger partial charge in [-0.3, -0.25) is 0 Å². The number of hydrogen-bond acceptors (Lipinski definition) is 0. The fourth-order valence-electron chi connectivity index (χ4n) is 0. The first-order valence-corrected chi connectivity index (χ1v) is 0.894. The minimum absolute atomic E-state index is 0. The Labute approximate surface area is 58.1 Å². The van der Waals surface area contributed by atoms with Crippen molar-refractivity contribution in [1.29, 1.82) is 0 Å². The summed E-state index contributed by atoms with van der Waals surface area (Å²) in [5.41, 5.74) is 0. The summed E-state index contributed by atoms with van der Waals surface area (Å²) in [7, 11) is 3.50. The maximum Gasteiger partial charge on any atom is 0 e. The Morgan fingerprint density at radius 1 is 1.20 bits per heavy atom. The van der Waals surface area contributed by atoms with Crippen LogP contribution in [0.5, 0.6) is 0 Å². The van der Waals surface area contributed by atoms with Crippen LogP contribution in [0.15, 0.2) is 0 Å². The van der Waals surface area contributed by atoms with Gasteiger partial charge in [-0.25, -0.2) is 0 Å². The van der Waals surface area contributed by atoms with Crippen molar-refractivity contribution in [2.24, 2.45) is 0 Å². The second-order valence-electron chi connectivity index (χ2n) is 0.447. The maximum atomic E-state index is 3.50.